The van der Waals surface area contributed by atoms with Crippen LogP contribution in [0.25, 0.3) is 11.1 Å². The number of aromatic nitrogens is 1. The monoisotopic (exact) mass is 425 g/mol. The number of hydrogen-bond acceptors (Lipinski definition) is 4. The van der Waals surface area contributed by atoms with Crippen molar-refractivity contribution in [2.45, 2.75) is 32.9 Å². The molecule has 1 aliphatic heterocycles. The fourth-order valence-electron chi connectivity index (χ4n) is 4.12. The van der Waals surface area contributed by atoms with Gasteiger partial charge in [0, 0.05) is 6.42 Å². The summed E-state index contributed by atoms with van der Waals surface area (Å²) >= 11 is 0. The van der Waals surface area contributed by atoms with E-state index in [1.807, 2.05) is 80.6 Å². The van der Waals surface area contributed by atoms with Crippen LogP contribution in [0.15, 0.2) is 87.1 Å². The van der Waals surface area contributed by atoms with E-state index in [9.17, 15) is 9.59 Å². The number of carbonyl (C=O) groups is 1. The van der Waals surface area contributed by atoms with Crippen LogP contribution in [0.2, 0.25) is 0 Å². The number of oxazole rings is 1. The van der Waals surface area contributed by atoms with Crippen molar-refractivity contribution in [3.8, 4) is 0 Å². The number of nitrogens with zero attached hydrogens (tertiary/aromatic N) is 3. The number of amides is 1. The third-order valence-corrected chi connectivity index (χ3v) is 5.85. The summed E-state index contributed by atoms with van der Waals surface area (Å²) in [5, 5.41) is 6.22. The molecule has 1 unspecified atom stereocenters. The minimum absolute atomic E-state index is 0.136. The van der Waals surface area contributed by atoms with E-state index in [4.69, 9.17) is 9.52 Å². The summed E-state index contributed by atoms with van der Waals surface area (Å²) in [5.74, 6) is -0.801. The van der Waals surface area contributed by atoms with Crippen molar-refractivity contribution in [1.82, 2.24) is 9.58 Å². The summed E-state index contributed by atoms with van der Waals surface area (Å²) in [6.07, 6.45) is 0.610. The predicted octanol–water partition coefficient (Wildman–Crippen LogP) is 4.59. The van der Waals surface area contributed by atoms with Crippen molar-refractivity contribution in [2.24, 2.45) is 5.10 Å². The van der Waals surface area contributed by atoms with Crippen molar-refractivity contribution in [3.63, 3.8) is 0 Å². The molecule has 1 atom stereocenters. The average Bonchev–Trinajstić information content (AvgIpc) is 3.37. The lowest BCUT2D eigenvalue weighted by atomic mass is 9.98. The van der Waals surface area contributed by atoms with Gasteiger partial charge in [0.15, 0.2) is 5.58 Å². The molecule has 1 amide bonds. The number of carbonyl (C=O) groups excluding carboxylic acids is 1. The molecule has 0 aliphatic carbocycles. The zero-order valence-electron chi connectivity index (χ0n) is 18.0. The van der Waals surface area contributed by atoms with Gasteiger partial charge in [-0.05, 0) is 42.7 Å². The molecule has 0 radical (unpaired) electrons. The van der Waals surface area contributed by atoms with Gasteiger partial charge in [-0.25, -0.2) is 9.80 Å². The van der Waals surface area contributed by atoms with Crippen molar-refractivity contribution in [2.75, 3.05) is 0 Å². The van der Waals surface area contributed by atoms with Gasteiger partial charge < -0.3 is 4.42 Å². The first-order valence-electron chi connectivity index (χ1n) is 10.6. The van der Waals surface area contributed by atoms with Gasteiger partial charge in [-0.3, -0.25) is 9.36 Å². The van der Waals surface area contributed by atoms with Crippen molar-refractivity contribution in [3.05, 3.63) is 106 Å². The molecular weight excluding hydrogens is 402 g/mol. The Hall–Kier alpha value is -3.93. The second kappa shape index (κ2) is 7.96. The molecule has 0 bridgehead atoms. The van der Waals surface area contributed by atoms with Crippen molar-refractivity contribution < 1.29 is 9.21 Å². The van der Waals surface area contributed by atoms with Crippen LogP contribution in [-0.4, -0.2) is 21.2 Å². The standard InChI is InChI=1S/C26H23N3O3/c1-17-8-11-20(12-9-17)22-15-21(19-6-4-3-5-7-19)27-29(22)25(30)16-28-23-14-18(2)10-13-24(23)32-26(28)31/h3-14,22H,15-16H2,1-2H3. The lowest BCUT2D eigenvalue weighted by Gasteiger charge is -2.22. The highest BCUT2D eigenvalue weighted by Crippen LogP contribution is 2.33. The van der Waals surface area contributed by atoms with E-state index in [2.05, 4.69) is 0 Å². The second-order valence-electron chi connectivity index (χ2n) is 8.21. The third-order valence-electron chi connectivity index (χ3n) is 5.85. The summed E-state index contributed by atoms with van der Waals surface area (Å²) in [4.78, 5) is 25.9. The molecule has 160 valence electrons. The first kappa shape index (κ1) is 20.0. The number of hydrogen-bond donors (Lipinski definition) is 0. The molecule has 6 heteroatoms. The number of fused-ring (bicyclic) bond motifs is 1. The average molecular weight is 425 g/mol. The number of hydrazone groups is 1. The molecule has 0 N–H and O–H groups in total. The van der Waals surface area contributed by atoms with Crippen LogP contribution in [-0.2, 0) is 11.3 Å². The van der Waals surface area contributed by atoms with Gasteiger partial charge in [0.25, 0.3) is 5.91 Å². The highest BCUT2D eigenvalue weighted by Gasteiger charge is 2.33. The van der Waals surface area contributed by atoms with E-state index >= 15 is 0 Å². The van der Waals surface area contributed by atoms with Gasteiger partial charge in [-0.2, -0.15) is 5.10 Å². The Kier molecular flexibility index (Phi) is 4.98. The molecule has 5 rings (SSSR count). The van der Waals surface area contributed by atoms with Gasteiger partial charge in [0.05, 0.1) is 17.3 Å². The first-order chi connectivity index (χ1) is 15.5. The molecule has 3 aromatic carbocycles. The van der Waals surface area contributed by atoms with E-state index in [1.54, 1.807) is 6.07 Å². The third kappa shape index (κ3) is 3.64. The molecule has 32 heavy (non-hydrogen) atoms. The Morgan fingerprint density at radius 1 is 1.00 bits per heavy atom. The molecule has 0 spiro atoms. The highest BCUT2D eigenvalue weighted by molar-refractivity contribution is 6.03. The number of rotatable bonds is 4. The summed E-state index contributed by atoms with van der Waals surface area (Å²) in [5.41, 5.74) is 6.08. The van der Waals surface area contributed by atoms with Gasteiger partial charge in [0.2, 0.25) is 0 Å². The molecule has 1 aromatic heterocycles. The number of benzene rings is 3. The van der Waals surface area contributed by atoms with Crippen molar-refractivity contribution in [1.29, 1.82) is 0 Å². The molecule has 6 nitrogen and oxygen atoms in total. The first-order valence-corrected chi connectivity index (χ1v) is 10.6. The second-order valence-corrected chi connectivity index (χ2v) is 8.21. The van der Waals surface area contributed by atoms with Crippen LogP contribution < -0.4 is 5.76 Å². The summed E-state index contributed by atoms with van der Waals surface area (Å²) in [6.45, 7) is 3.84. The van der Waals surface area contributed by atoms with Gasteiger partial charge in [-0.15, -0.1) is 0 Å². The smallest absolute Gasteiger partial charge is 0.408 e. The van der Waals surface area contributed by atoms with Crippen LogP contribution in [0, 0.1) is 13.8 Å². The Morgan fingerprint density at radius 3 is 2.47 bits per heavy atom. The largest absolute Gasteiger partial charge is 0.420 e. The van der Waals surface area contributed by atoms with Crippen LogP contribution in [0.3, 0.4) is 0 Å². The lowest BCUT2D eigenvalue weighted by Crippen LogP contribution is -2.32. The fourth-order valence-corrected chi connectivity index (χ4v) is 4.12. The van der Waals surface area contributed by atoms with Gasteiger partial charge in [0.1, 0.15) is 6.54 Å². The summed E-state index contributed by atoms with van der Waals surface area (Å²) < 4.78 is 6.72. The van der Waals surface area contributed by atoms with Crippen LogP contribution in [0.4, 0.5) is 0 Å². The Balaban J connectivity index is 1.52. The van der Waals surface area contributed by atoms with E-state index < -0.39 is 5.76 Å². The van der Waals surface area contributed by atoms with Gasteiger partial charge in [-0.1, -0.05) is 66.2 Å². The highest BCUT2D eigenvalue weighted by atomic mass is 16.4. The van der Waals surface area contributed by atoms with Crippen molar-refractivity contribution >= 4 is 22.7 Å². The van der Waals surface area contributed by atoms with Gasteiger partial charge >= 0.3 is 5.76 Å². The maximum absolute atomic E-state index is 13.4. The predicted molar refractivity (Wildman–Crippen MR) is 124 cm³/mol. The molecule has 1 aliphatic rings. The molecule has 4 aromatic rings. The van der Waals surface area contributed by atoms with Crippen LogP contribution in [0.5, 0.6) is 0 Å². The maximum Gasteiger partial charge on any atom is 0.420 e. The normalized spacial score (nSPS) is 15.9. The van der Waals surface area contributed by atoms with Crippen LogP contribution >= 0.6 is 0 Å². The summed E-state index contributed by atoms with van der Waals surface area (Å²) in [7, 11) is 0. The maximum atomic E-state index is 13.4. The molecule has 0 fully saturated rings. The lowest BCUT2D eigenvalue weighted by molar-refractivity contribution is -0.133. The zero-order chi connectivity index (χ0) is 22.2. The van der Waals surface area contributed by atoms with E-state index in [0.29, 0.717) is 17.5 Å². The summed E-state index contributed by atoms with van der Waals surface area (Å²) in [6, 6.07) is 23.3. The Labute approximate surface area is 185 Å². The molecule has 0 saturated heterocycles. The Morgan fingerprint density at radius 2 is 1.72 bits per heavy atom. The minimum atomic E-state index is -0.544. The molecule has 0 saturated carbocycles. The van der Waals surface area contributed by atoms with E-state index in [1.165, 1.54) is 9.58 Å². The minimum Gasteiger partial charge on any atom is -0.408 e. The quantitative estimate of drug-likeness (QED) is 0.480. The topological polar surface area (TPSA) is 67.8 Å². The fraction of sp³-hybridized carbons (Fsp3) is 0.192. The molecular formula is C26H23N3O3. The molecule has 2 heterocycles. The SMILES string of the molecule is Cc1ccc(C2CC(c3ccccc3)=NN2C(=O)Cn2c(=O)oc3ccc(C)cc32)cc1. The Bertz CT molecular complexity index is 1380. The van der Waals surface area contributed by atoms with E-state index in [-0.39, 0.29) is 18.5 Å². The number of aryl methyl sites for hydroxylation is 2. The zero-order valence-corrected chi connectivity index (χ0v) is 18.0. The van der Waals surface area contributed by atoms with E-state index in [0.717, 1.165) is 28.0 Å². The van der Waals surface area contributed by atoms with Crippen LogP contribution in [0.1, 0.15) is 34.7 Å².